The summed E-state index contributed by atoms with van der Waals surface area (Å²) in [5.74, 6) is 0. The van der Waals surface area contributed by atoms with E-state index >= 15 is 0 Å². The highest BCUT2D eigenvalue weighted by Crippen LogP contribution is 2.38. The van der Waals surface area contributed by atoms with Crippen LogP contribution in [0.15, 0.2) is 66.7 Å². The van der Waals surface area contributed by atoms with Crippen LogP contribution < -0.4 is 0 Å². The molecule has 0 bridgehead atoms. The molecule has 3 aromatic carbocycles. The molecule has 3 aromatic rings. The van der Waals surface area contributed by atoms with Crippen LogP contribution in [-0.2, 0) is 11.0 Å². The van der Waals surface area contributed by atoms with Gasteiger partial charge < -0.3 is 4.43 Å². The van der Waals surface area contributed by atoms with Crippen molar-refractivity contribution in [2.24, 2.45) is 0 Å². The minimum atomic E-state index is 0.676. The van der Waals surface area contributed by atoms with E-state index in [4.69, 9.17) is 4.43 Å². The van der Waals surface area contributed by atoms with E-state index in [9.17, 15) is 0 Å². The third kappa shape index (κ3) is 3.14. The SMILES string of the molecule is Cc1ccccc1-c1cccc(CO[SiH3])c1-c1ccccc1C. The van der Waals surface area contributed by atoms with Gasteiger partial charge in [-0.2, -0.15) is 0 Å². The second-order valence-corrected chi connectivity index (χ2v) is 6.48. The molecule has 0 fully saturated rings. The van der Waals surface area contributed by atoms with Gasteiger partial charge >= 0.3 is 0 Å². The van der Waals surface area contributed by atoms with Crippen LogP contribution in [0.1, 0.15) is 16.7 Å². The van der Waals surface area contributed by atoms with E-state index in [1.807, 2.05) is 0 Å². The predicted molar refractivity (Wildman–Crippen MR) is 102 cm³/mol. The monoisotopic (exact) mass is 318 g/mol. The summed E-state index contributed by atoms with van der Waals surface area (Å²) in [6.45, 7) is 5.03. The molecule has 2 heteroatoms. The highest BCUT2D eigenvalue weighted by molar-refractivity contribution is 5.98. The van der Waals surface area contributed by atoms with Gasteiger partial charge in [0.1, 0.15) is 10.5 Å². The van der Waals surface area contributed by atoms with Crippen LogP contribution >= 0.6 is 0 Å². The quantitative estimate of drug-likeness (QED) is 0.646. The number of aryl methyl sites for hydroxylation is 2. The van der Waals surface area contributed by atoms with E-state index in [2.05, 4.69) is 80.6 Å². The first-order valence-corrected chi connectivity index (χ1v) is 8.77. The van der Waals surface area contributed by atoms with Crippen LogP contribution in [0.5, 0.6) is 0 Å². The van der Waals surface area contributed by atoms with Crippen LogP contribution in [0.25, 0.3) is 22.3 Å². The normalized spacial score (nSPS) is 10.9. The Morgan fingerprint density at radius 1 is 0.696 bits per heavy atom. The topological polar surface area (TPSA) is 9.23 Å². The van der Waals surface area contributed by atoms with Crippen LogP contribution in [0.4, 0.5) is 0 Å². The van der Waals surface area contributed by atoms with Crippen molar-refractivity contribution in [1.29, 1.82) is 0 Å². The largest absolute Gasteiger partial charge is 0.424 e. The molecule has 23 heavy (non-hydrogen) atoms. The molecule has 3 rings (SSSR count). The lowest BCUT2D eigenvalue weighted by molar-refractivity contribution is 0.339. The van der Waals surface area contributed by atoms with E-state index in [0.29, 0.717) is 6.61 Å². The van der Waals surface area contributed by atoms with Crippen LogP contribution in [0.3, 0.4) is 0 Å². The summed E-state index contributed by atoms with van der Waals surface area (Å²) >= 11 is 0. The fourth-order valence-corrected chi connectivity index (χ4v) is 3.46. The standard InChI is InChI=1S/C21H22OSi/c1-15-8-3-5-11-18(15)20-13-7-10-17(14-22-23)21(20)19-12-6-4-9-16(19)2/h3-13H,14H2,1-2,23H3. The van der Waals surface area contributed by atoms with E-state index in [1.54, 1.807) is 0 Å². The highest BCUT2D eigenvalue weighted by atomic mass is 28.2. The first kappa shape index (κ1) is 15.7. The Hall–Kier alpha value is -2.16. The maximum absolute atomic E-state index is 5.59. The minimum absolute atomic E-state index is 0.676. The van der Waals surface area contributed by atoms with Crippen molar-refractivity contribution in [3.05, 3.63) is 83.4 Å². The Kier molecular flexibility index (Phi) is 4.75. The van der Waals surface area contributed by atoms with Crippen molar-refractivity contribution in [2.45, 2.75) is 20.5 Å². The second kappa shape index (κ2) is 6.94. The van der Waals surface area contributed by atoms with E-state index in [0.717, 1.165) is 10.5 Å². The summed E-state index contributed by atoms with van der Waals surface area (Å²) < 4.78 is 5.59. The summed E-state index contributed by atoms with van der Waals surface area (Å²) in [6.07, 6.45) is 0. The average molecular weight is 318 g/mol. The summed E-state index contributed by atoms with van der Waals surface area (Å²) in [5.41, 5.74) is 9.02. The maximum Gasteiger partial charge on any atom is 0.146 e. The Bertz CT molecular complexity index is 824. The van der Waals surface area contributed by atoms with Gasteiger partial charge in [0.05, 0.1) is 6.61 Å². The summed E-state index contributed by atoms with van der Waals surface area (Å²) in [7, 11) is 0.749. The first-order valence-electron chi connectivity index (χ1n) is 7.95. The third-order valence-electron chi connectivity index (χ3n) is 4.30. The van der Waals surface area contributed by atoms with Gasteiger partial charge in [0.2, 0.25) is 0 Å². The first-order chi connectivity index (χ1) is 11.2. The number of hydrogen-bond acceptors (Lipinski definition) is 1. The molecule has 0 spiro atoms. The number of hydrogen-bond donors (Lipinski definition) is 0. The molecule has 0 N–H and O–H groups in total. The summed E-state index contributed by atoms with van der Waals surface area (Å²) in [4.78, 5) is 0. The molecule has 0 aliphatic carbocycles. The lowest BCUT2D eigenvalue weighted by atomic mass is 9.87. The molecule has 0 saturated heterocycles. The van der Waals surface area contributed by atoms with Crippen molar-refractivity contribution in [3.63, 3.8) is 0 Å². The average Bonchev–Trinajstić information content (AvgIpc) is 2.56. The lowest BCUT2D eigenvalue weighted by Gasteiger charge is -2.18. The smallest absolute Gasteiger partial charge is 0.146 e. The van der Waals surface area contributed by atoms with Gasteiger partial charge in [0.25, 0.3) is 0 Å². The van der Waals surface area contributed by atoms with Gasteiger partial charge in [-0.15, -0.1) is 0 Å². The highest BCUT2D eigenvalue weighted by Gasteiger charge is 2.14. The van der Waals surface area contributed by atoms with Gasteiger partial charge in [0, 0.05) is 0 Å². The fourth-order valence-electron chi connectivity index (χ4n) is 3.15. The molecule has 0 saturated carbocycles. The second-order valence-electron chi connectivity index (χ2n) is 5.90. The molecule has 0 radical (unpaired) electrons. The number of benzene rings is 3. The molecule has 0 aromatic heterocycles. The van der Waals surface area contributed by atoms with Gasteiger partial charge in [-0.3, -0.25) is 0 Å². The molecule has 1 nitrogen and oxygen atoms in total. The zero-order chi connectivity index (χ0) is 16.2. The molecule has 116 valence electrons. The van der Waals surface area contributed by atoms with Crippen molar-refractivity contribution >= 4 is 10.5 Å². The van der Waals surface area contributed by atoms with Crippen LogP contribution in [0.2, 0.25) is 0 Å². The lowest BCUT2D eigenvalue weighted by Crippen LogP contribution is -1.98. The van der Waals surface area contributed by atoms with Crippen molar-refractivity contribution in [1.82, 2.24) is 0 Å². The molecule has 0 aliphatic rings. The van der Waals surface area contributed by atoms with Gasteiger partial charge in [0.15, 0.2) is 0 Å². The maximum atomic E-state index is 5.59. The Balaban J connectivity index is 2.31. The Morgan fingerprint density at radius 2 is 1.26 bits per heavy atom. The fraction of sp³-hybridized carbons (Fsp3) is 0.143. The van der Waals surface area contributed by atoms with Crippen molar-refractivity contribution in [3.8, 4) is 22.3 Å². The molecular weight excluding hydrogens is 296 g/mol. The zero-order valence-corrected chi connectivity index (χ0v) is 16.0. The van der Waals surface area contributed by atoms with Crippen molar-refractivity contribution in [2.75, 3.05) is 0 Å². The molecule has 0 unspecified atom stereocenters. The predicted octanol–water partition coefficient (Wildman–Crippen LogP) is 4.43. The van der Waals surface area contributed by atoms with E-state index < -0.39 is 0 Å². The van der Waals surface area contributed by atoms with Crippen molar-refractivity contribution < 1.29 is 4.43 Å². The Labute approximate surface area is 141 Å². The van der Waals surface area contributed by atoms with Gasteiger partial charge in [-0.05, 0) is 52.8 Å². The minimum Gasteiger partial charge on any atom is -0.424 e. The molecular formula is C21H22OSi. The molecule has 0 heterocycles. The zero-order valence-electron chi connectivity index (χ0n) is 14.0. The molecule has 0 atom stereocenters. The molecule has 0 aliphatic heterocycles. The van der Waals surface area contributed by atoms with Gasteiger partial charge in [-0.25, -0.2) is 0 Å². The summed E-state index contributed by atoms with van der Waals surface area (Å²) in [5, 5.41) is 0. The molecule has 0 amide bonds. The Morgan fingerprint density at radius 3 is 1.87 bits per heavy atom. The van der Waals surface area contributed by atoms with Crippen LogP contribution in [-0.4, -0.2) is 10.5 Å². The summed E-state index contributed by atoms with van der Waals surface area (Å²) in [6, 6.07) is 23.7. The van der Waals surface area contributed by atoms with E-state index in [-0.39, 0.29) is 0 Å². The van der Waals surface area contributed by atoms with Crippen LogP contribution in [0, 0.1) is 13.8 Å². The third-order valence-corrected chi connectivity index (χ3v) is 4.59. The van der Waals surface area contributed by atoms with E-state index in [1.165, 1.54) is 38.9 Å². The number of rotatable bonds is 4. The van der Waals surface area contributed by atoms with Gasteiger partial charge in [-0.1, -0.05) is 66.7 Å².